The number of anilines is 1. The van der Waals surface area contributed by atoms with Gasteiger partial charge in [0.1, 0.15) is 5.52 Å². The molecule has 0 saturated carbocycles. The van der Waals surface area contributed by atoms with Crippen LogP contribution in [0.5, 0.6) is 0 Å². The number of aromatic nitrogens is 10. The van der Waals surface area contributed by atoms with Gasteiger partial charge in [0.2, 0.25) is 0 Å². The number of halogens is 1. The van der Waals surface area contributed by atoms with Crippen molar-refractivity contribution in [1.29, 1.82) is 0 Å². The Balaban J connectivity index is 1.22. The monoisotopic (exact) mass is 488 g/mol. The van der Waals surface area contributed by atoms with E-state index in [4.69, 9.17) is 0 Å². The van der Waals surface area contributed by atoms with Gasteiger partial charge in [-0.1, -0.05) is 16.4 Å². The number of hydrogen-bond acceptors (Lipinski definition) is 10. The van der Waals surface area contributed by atoms with Crippen molar-refractivity contribution in [3.8, 4) is 11.6 Å². The Morgan fingerprint density at radius 2 is 1.78 bits per heavy atom. The van der Waals surface area contributed by atoms with Crippen molar-refractivity contribution in [2.45, 2.75) is 0 Å². The number of pyridine rings is 2. The van der Waals surface area contributed by atoms with Crippen molar-refractivity contribution in [3.05, 3.63) is 61.1 Å². The summed E-state index contributed by atoms with van der Waals surface area (Å²) in [5, 5.41) is 19.6. The van der Waals surface area contributed by atoms with Gasteiger partial charge in [0.15, 0.2) is 17.5 Å². The summed E-state index contributed by atoms with van der Waals surface area (Å²) in [6.45, 7) is 1.33. The molecule has 180 valence electrons. The fraction of sp³-hybridized carbons (Fsp3) is 0.190. The van der Waals surface area contributed by atoms with Gasteiger partial charge in [0.05, 0.1) is 18.6 Å². The van der Waals surface area contributed by atoms with Crippen LogP contribution in [0.4, 0.5) is 10.3 Å². The normalized spacial score (nSPS) is 13.9. The molecular formula is C21H17FN12O2. The Morgan fingerprint density at radius 3 is 2.53 bits per heavy atom. The maximum atomic E-state index is 14.4. The summed E-state index contributed by atoms with van der Waals surface area (Å²) in [5.74, 6) is -0.929. The third-order valence-electron chi connectivity index (χ3n) is 5.87. The summed E-state index contributed by atoms with van der Waals surface area (Å²) in [5.41, 5.74) is 0.132. The van der Waals surface area contributed by atoms with E-state index >= 15 is 0 Å². The van der Waals surface area contributed by atoms with Crippen molar-refractivity contribution < 1.29 is 14.0 Å². The third-order valence-corrected chi connectivity index (χ3v) is 5.87. The van der Waals surface area contributed by atoms with E-state index < -0.39 is 17.6 Å². The van der Waals surface area contributed by atoms with Gasteiger partial charge in [-0.3, -0.25) is 14.2 Å². The van der Waals surface area contributed by atoms with Gasteiger partial charge >= 0.3 is 11.8 Å². The lowest BCUT2D eigenvalue weighted by Gasteiger charge is -2.34. The zero-order valence-corrected chi connectivity index (χ0v) is 18.6. The number of nitrogens with zero attached hydrogens (tertiary/aromatic N) is 12. The molecule has 6 heterocycles. The molecule has 6 rings (SSSR count). The second-order valence-electron chi connectivity index (χ2n) is 7.89. The highest BCUT2D eigenvalue weighted by atomic mass is 19.1. The first-order chi connectivity index (χ1) is 17.6. The molecule has 0 bridgehead atoms. The molecule has 0 atom stereocenters. The number of hydrogen-bond donors (Lipinski definition) is 0. The first kappa shape index (κ1) is 21.5. The van der Waals surface area contributed by atoms with E-state index in [1.54, 1.807) is 18.3 Å². The fourth-order valence-corrected chi connectivity index (χ4v) is 4.11. The predicted molar refractivity (Wildman–Crippen MR) is 121 cm³/mol. The smallest absolute Gasteiger partial charge is 0.320 e. The van der Waals surface area contributed by atoms with Gasteiger partial charge in [-0.05, 0) is 28.6 Å². The van der Waals surface area contributed by atoms with Crippen molar-refractivity contribution in [2.24, 2.45) is 0 Å². The van der Waals surface area contributed by atoms with E-state index in [0.29, 0.717) is 24.9 Å². The van der Waals surface area contributed by atoms with E-state index in [2.05, 4.69) is 35.8 Å². The van der Waals surface area contributed by atoms with Gasteiger partial charge in [-0.2, -0.15) is 4.68 Å². The number of carbonyl (C=O) groups is 2. The molecule has 5 aromatic rings. The summed E-state index contributed by atoms with van der Waals surface area (Å²) < 4.78 is 18.3. The average molecular weight is 488 g/mol. The zero-order valence-electron chi connectivity index (χ0n) is 18.6. The van der Waals surface area contributed by atoms with Crippen molar-refractivity contribution >= 4 is 28.7 Å². The van der Waals surface area contributed by atoms with Crippen LogP contribution >= 0.6 is 0 Å². The van der Waals surface area contributed by atoms with Crippen LogP contribution in [0.25, 0.3) is 22.5 Å². The van der Waals surface area contributed by atoms with Crippen LogP contribution in [-0.2, 0) is 4.79 Å². The highest BCUT2D eigenvalue weighted by molar-refractivity contribution is 6.37. The summed E-state index contributed by atoms with van der Waals surface area (Å²) in [6.07, 6.45) is 6.98. The highest BCUT2D eigenvalue weighted by Crippen LogP contribution is 2.24. The second-order valence-corrected chi connectivity index (χ2v) is 7.89. The Morgan fingerprint density at radius 1 is 0.917 bits per heavy atom. The molecule has 1 aliphatic rings. The van der Waals surface area contributed by atoms with E-state index in [0.717, 1.165) is 10.8 Å². The molecule has 5 aromatic heterocycles. The van der Waals surface area contributed by atoms with Crippen molar-refractivity contribution in [3.63, 3.8) is 0 Å². The number of tetrazole rings is 1. The number of amides is 1. The Labute approximate surface area is 201 Å². The summed E-state index contributed by atoms with van der Waals surface area (Å²) in [4.78, 5) is 38.0. The highest BCUT2D eigenvalue weighted by Gasteiger charge is 2.30. The first-order valence-electron chi connectivity index (χ1n) is 10.9. The molecular weight excluding hydrogens is 471 g/mol. The van der Waals surface area contributed by atoms with Crippen LogP contribution in [0.1, 0.15) is 4.79 Å². The van der Waals surface area contributed by atoms with Crippen LogP contribution in [0.2, 0.25) is 0 Å². The second kappa shape index (κ2) is 8.61. The lowest BCUT2D eigenvalue weighted by atomic mass is 10.3. The molecule has 0 radical (unpaired) electrons. The van der Waals surface area contributed by atoms with Crippen LogP contribution in [-0.4, -0.2) is 92.6 Å². The van der Waals surface area contributed by atoms with E-state index in [-0.39, 0.29) is 29.8 Å². The Bertz CT molecular complexity index is 1550. The van der Waals surface area contributed by atoms with E-state index in [9.17, 15) is 14.0 Å². The predicted octanol–water partition coefficient (Wildman–Crippen LogP) is 0.116. The largest absolute Gasteiger partial charge is 0.336 e. The third kappa shape index (κ3) is 3.53. The fourth-order valence-electron chi connectivity index (χ4n) is 4.11. The minimum atomic E-state index is -0.828. The standard InChI is InChI=1S/C21H17FN12O2/c22-15-13-24-18(33-8-6-25-28-33)17-14(15)4-7-32(17)20(36)19(35)30-9-11-31(12-10-30)21-26-27-29-34(21)16-3-1-2-5-23-16/h1-8,13H,9-12H2. The van der Waals surface area contributed by atoms with Gasteiger partial charge in [0.25, 0.3) is 5.95 Å². The number of piperazine rings is 1. The average Bonchev–Trinajstić information content (AvgIpc) is 3.70. The molecule has 1 fully saturated rings. The Hall–Kier alpha value is -5.08. The SMILES string of the molecule is O=C(C(=O)n1ccc2c(F)cnc(-n3ccnn3)c21)N1CCN(c2nnnn2-c2ccccn2)CC1. The van der Waals surface area contributed by atoms with Gasteiger partial charge in [-0.25, -0.2) is 19.0 Å². The molecule has 0 unspecified atom stereocenters. The van der Waals surface area contributed by atoms with Crippen molar-refractivity contribution in [1.82, 2.24) is 54.6 Å². The van der Waals surface area contributed by atoms with E-state index in [1.807, 2.05) is 11.0 Å². The van der Waals surface area contributed by atoms with Gasteiger partial charge in [-0.15, -0.1) is 5.10 Å². The molecule has 0 N–H and O–H groups in total. The summed E-state index contributed by atoms with van der Waals surface area (Å²) in [6, 6.07) is 6.83. The molecule has 1 amide bonds. The lowest BCUT2D eigenvalue weighted by Crippen LogP contribution is -2.52. The van der Waals surface area contributed by atoms with Crippen molar-refractivity contribution in [2.75, 3.05) is 31.1 Å². The molecule has 0 spiro atoms. The minimum Gasteiger partial charge on any atom is -0.336 e. The molecule has 15 heteroatoms. The zero-order chi connectivity index (χ0) is 24.6. The molecule has 1 aliphatic heterocycles. The number of carbonyl (C=O) groups excluding carboxylic acids is 2. The topological polar surface area (TPSA) is 146 Å². The maximum Gasteiger partial charge on any atom is 0.320 e. The molecule has 14 nitrogen and oxygen atoms in total. The first-order valence-corrected chi connectivity index (χ1v) is 10.9. The summed E-state index contributed by atoms with van der Waals surface area (Å²) in [7, 11) is 0. The maximum absolute atomic E-state index is 14.4. The van der Waals surface area contributed by atoms with Crippen LogP contribution in [0.15, 0.2) is 55.2 Å². The minimum absolute atomic E-state index is 0.132. The molecule has 0 aromatic carbocycles. The lowest BCUT2D eigenvalue weighted by molar-refractivity contribution is -0.127. The van der Waals surface area contributed by atoms with Gasteiger partial charge in [0, 0.05) is 44.0 Å². The molecule has 36 heavy (non-hydrogen) atoms. The quantitative estimate of drug-likeness (QED) is 0.321. The van der Waals surface area contributed by atoms with E-state index in [1.165, 1.54) is 38.9 Å². The molecule has 1 saturated heterocycles. The van der Waals surface area contributed by atoms with Crippen LogP contribution in [0.3, 0.4) is 0 Å². The van der Waals surface area contributed by atoms with Crippen LogP contribution in [0, 0.1) is 5.82 Å². The van der Waals surface area contributed by atoms with Gasteiger partial charge < -0.3 is 9.80 Å². The number of rotatable bonds is 3. The Kier molecular flexibility index (Phi) is 5.13. The van der Waals surface area contributed by atoms with Crippen LogP contribution < -0.4 is 4.90 Å². The summed E-state index contributed by atoms with van der Waals surface area (Å²) >= 11 is 0. The number of fused-ring (bicyclic) bond motifs is 1. The molecule has 0 aliphatic carbocycles.